The van der Waals surface area contributed by atoms with Crippen molar-refractivity contribution in [1.82, 2.24) is 19.6 Å². The number of nitrogens with one attached hydrogen (secondary N) is 1. The molecule has 1 aliphatic rings. The fourth-order valence-electron chi connectivity index (χ4n) is 2.58. The minimum Gasteiger partial charge on any atom is -0.369 e. The third kappa shape index (κ3) is 2.63. The summed E-state index contributed by atoms with van der Waals surface area (Å²) in [5.41, 5.74) is 2.46. The molecule has 0 bridgehead atoms. The fourth-order valence-corrected chi connectivity index (χ4v) is 2.74. The normalized spacial score (nSPS) is 15.4. The number of hydrogen-bond donors (Lipinski definition) is 1. The van der Waals surface area contributed by atoms with Crippen LogP contribution in [0.3, 0.4) is 0 Å². The quantitative estimate of drug-likeness (QED) is 0.693. The lowest BCUT2D eigenvalue weighted by atomic mass is 9.97. The molecule has 6 heteroatoms. The zero-order valence-electron chi connectivity index (χ0n) is 11.6. The Balaban J connectivity index is 1.75. The van der Waals surface area contributed by atoms with Crippen molar-refractivity contribution in [2.45, 2.75) is 39.0 Å². The lowest BCUT2D eigenvalue weighted by molar-refractivity contribution is 0.679. The number of hydrogen-bond acceptors (Lipinski definition) is 4. The molecule has 2 heterocycles. The van der Waals surface area contributed by atoms with Crippen LogP contribution in [0.4, 0.5) is 5.82 Å². The van der Waals surface area contributed by atoms with Gasteiger partial charge in [0.05, 0.1) is 0 Å². The molecule has 20 heavy (non-hydrogen) atoms. The highest BCUT2D eigenvalue weighted by atomic mass is 35.5. The van der Waals surface area contributed by atoms with Crippen molar-refractivity contribution >= 4 is 23.2 Å². The second-order valence-electron chi connectivity index (χ2n) is 5.13. The van der Waals surface area contributed by atoms with Gasteiger partial charge in [0, 0.05) is 12.1 Å². The van der Waals surface area contributed by atoms with Gasteiger partial charge in [-0.2, -0.15) is 19.6 Å². The minimum absolute atomic E-state index is 0.477. The number of rotatable bonds is 4. The van der Waals surface area contributed by atoms with Crippen LogP contribution in [0.2, 0.25) is 5.15 Å². The number of allylic oxidation sites excluding steroid dienone is 1. The Morgan fingerprint density at radius 2 is 2.30 bits per heavy atom. The molecule has 0 spiro atoms. The molecule has 2 aromatic rings. The lowest BCUT2D eigenvalue weighted by Crippen LogP contribution is -2.11. The summed E-state index contributed by atoms with van der Waals surface area (Å²) in [6.07, 6.45) is 10.0. The molecule has 0 aromatic carbocycles. The molecule has 5 nitrogen and oxygen atoms in total. The molecule has 3 rings (SSSR count). The van der Waals surface area contributed by atoms with E-state index in [1.807, 2.05) is 6.92 Å². The Morgan fingerprint density at radius 3 is 3.10 bits per heavy atom. The van der Waals surface area contributed by atoms with Gasteiger partial charge in [0.2, 0.25) is 0 Å². The molecule has 0 saturated heterocycles. The SMILES string of the molecule is Cc1c(Cl)nc2ncnn2c1NCCC1=CCCCC1. The average Bonchev–Trinajstić information content (AvgIpc) is 2.92. The van der Waals surface area contributed by atoms with Crippen LogP contribution in [-0.4, -0.2) is 26.1 Å². The summed E-state index contributed by atoms with van der Waals surface area (Å²) in [6.45, 7) is 2.82. The van der Waals surface area contributed by atoms with Crippen molar-refractivity contribution in [1.29, 1.82) is 0 Å². The summed E-state index contributed by atoms with van der Waals surface area (Å²) in [5.74, 6) is 1.41. The Labute approximate surface area is 123 Å². The number of nitrogens with zero attached hydrogens (tertiary/aromatic N) is 4. The van der Waals surface area contributed by atoms with E-state index in [2.05, 4.69) is 26.5 Å². The molecular weight excluding hydrogens is 274 g/mol. The molecule has 0 fully saturated rings. The summed E-state index contributed by atoms with van der Waals surface area (Å²) in [4.78, 5) is 8.28. The summed E-state index contributed by atoms with van der Waals surface area (Å²) in [6, 6.07) is 0. The first-order valence-corrected chi connectivity index (χ1v) is 7.41. The second kappa shape index (κ2) is 5.79. The Morgan fingerprint density at radius 1 is 1.40 bits per heavy atom. The third-order valence-corrected chi connectivity index (χ3v) is 4.10. The minimum atomic E-state index is 0.477. The van der Waals surface area contributed by atoms with Gasteiger partial charge in [-0.3, -0.25) is 0 Å². The smallest absolute Gasteiger partial charge is 0.255 e. The van der Waals surface area contributed by atoms with E-state index in [1.54, 1.807) is 10.1 Å². The molecule has 1 N–H and O–H groups in total. The third-order valence-electron chi connectivity index (χ3n) is 3.73. The first-order valence-electron chi connectivity index (χ1n) is 7.03. The number of fused-ring (bicyclic) bond motifs is 1. The number of anilines is 1. The van der Waals surface area contributed by atoms with E-state index >= 15 is 0 Å². The van der Waals surface area contributed by atoms with E-state index in [9.17, 15) is 0 Å². The maximum Gasteiger partial charge on any atom is 0.255 e. The average molecular weight is 292 g/mol. The first-order chi connectivity index (χ1) is 9.75. The van der Waals surface area contributed by atoms with Gasteiger partial charge in [-0.25, -0.2) is 0 Å². The molecule has 2 aromatic heterocycles. The van der Waals surface area contributed by atoms with E-state index in [0.717, 1.165) is 24.3 Å². The van der Waals surface area contributed by atoms with E-state index in [1.165, 1.54) is 32.0 Å². The maximum absolute atomic E-state index is 6.13. The van der Waals surface area contributed by atoms with Gasteiger partial charge >= 0.3 is 0 Å². The van der Waals surface area contributed by atoms with Crippen molar-refractivity contribution in [3.63, 3.8) is 0 Å². The van der Waals surface area contributed by atoms with Crippen LogP contribution in [0.1, 0.15) is 37.7 Å². The molecule has 0 unspecified atom stereocenters. The van der Waals surface area contributed by atoms with Crippen LogP contribution in [0.5, 0.6) is 0 Å². The van der Waals surface area contributed by atoms with Crippen LogP contribution in [0.25, 0.3) is 5.78 Å². The lowest BCUT2D eigenvalue weighted by Gasteiger charge is -2.15. The largest absolute Gasteiger partial charge is 0.369 e. The topological polar surface area (TPSA) is 55.1 Å². The summed E-state index contributed by atoms with van der Waals surface area (Å²) in [7, 11) is 0. The van der Waals surface area contributed by atoms with Crippen molar-refractivity contribution in [3.05, 3.63) is 28.7 Å². The highest BCUT2D eigenvalue weighted by molar-refractivity contribution is 6.30. The van der Waals surface area contributed by atoms with E-state index in [-0.39, 0.29) is 0 Å². The predicted molar refractivity (Wildman–Crippen MR) is 80.2 cm³/mol. The highest BCUT2D eigenvalue weighted by Crippen LogP contribution is 2.23. The van der Waals surface area contributed by atoms with Gasteiger partial charge in [0.25, 0.3) is 5.78 Å². The van der Waals surface area contributed by atoms with E-state index < -0.39 is 0 Å². The van der Waals surface area contributed by atoms with Gasteiger partial charge < -0.3 is 5.32 Å². The molecule has 0 atom stereocenters. The molecule has 106 valence electrons. The van der Waals surface area contributed by atoms with Gasteiger partial charge in [-0.05, 0) is 39.0 Å². The van der Waals surface area contributed by atoms with E-state index in [4.69, 9.17) is 11.6 Å². The van der Waals surface area contributed by atoms with Crippen LogP contribution in [-0.2, 0) is 0 Å². The first kappa shape index (κ1) is 13.4. The van der Waals surface area contributed by atoms with E-state index in [0.29, 0.717) is 10.9 Å². The zero-order valence-corrected chi connectivity index (χ0v) is 12.3. The molecule has 0 amide bonds. The molecule has 0 aliphatic heterocycles. The predicted octanol–water partition coefficient (Wildman–Crippen LogP) is 3.39. The van der Waals surface area contributed by atoms with Gasteiger partial charge in [0.1, 0.15) is 17.3 Å². The van der Waals surface area contributed by atoms with Crippen molar-refractivity contribution in [2.75, 3.05) is 11.9 Å². The highest BCUT2D eigenvalue weighted by Gasteiger charge is 2.12. The molecular formula is C14H18ClN5. The molecule has 0 saturated carbocycles. The second-order valence-corrected chi connectivity index (χ2v) is 5.49. The number of aromatic nitrogens is 4. The van der Waals surface area contributed by atoms with Crippen molar-refractivity contribution in [2.24, 2.45) is 0 Å². The maximum atomic E-state index is 6.13. The van der Waals surface area contributed by atoms with Gasteiger partial charge in [0.15, 0.2) is 0 Å². The van der Waals surface area contributed by atoms with Crippen LogP contribution in [0, 0.1) is 6.92 Å². The number of halogens is 1. The van der Waals surface area contributed by atoms with Crippen molar-refractivity contribution in [3.8, 4) is 0 Å². The standard InChI is InChI=1S/C14H18ClN5/c1-10-12(15)19-14-17-9-18-20(14)13(10)16-8-7-11-5-3-2-4-6-11/h5,9,16H,2-4,6-8H2,1H3. The van der Waals surface area contributed by atoms with Crippen LogP contribution < -0.4 is 5.32 Å². The molecule has 1 aliphatic carbocycles. The fraction of sp³-hybridized carbons (Fsp3) is 0.500. The van der Waals surface area contributed by atoms with Gasteiger partial charge in [-0.1, -0.05) is 23.3 Å². The van der Waals surface area contributed by atoms with Crippen LogP contribution >= 0.6 is 11.6 Å². The molecule has 0 radical (unpaired) electrons. The zero-order chi connectivity index (χ0) is 13.9. The van der Waals surface area contributed by atoms with Crippen molar-refractivity contribution < 1.29 is 0 Å². The summed E-state index contributed by atoms with van der Waals surface area (Å²) < 4.78 is 1.70. The monoisotopic (exact) mass is 291 g/mol. The van der Waals surface area contributed by atoms with Gasteiger partial charge in [-0.15, -0.1) is 0 Å². The Bertz CT molecular complexity index is 646. The Hall–Kier alpha value is -1.62. The summed E-state index contributed by atoms with van der Waals surface area (Å²) in [5, 5.41) is 8.10. The van der Waals surface area contributed by atoms with Crippen LogP contribution in [0.15, 0.2) is 18.0 Å². The summed E-state index contributed by atoms with van der Waals surface area (Å²) >= 11 is 6.13. The Kier molecular flexibility index (Phi) is 3.87.